The van der Waals surface area contributed by atoms with Crippen LogP contribution in [0.25, 0.3) is 0 Å². The Bertz CT molecular complexity index is 384. The summed E-state index contributed by atoms with van der Waals surface area (Å²) in [7, 11) is 0. The molecule has 6 N–H and O–H groups in total. The van der Waals surface area contributed by atoms with Gasteiger partial charge in [-0.15, -0.1) is 0 Å². The van der Waals surface area contributed by atoms with E-state index in [1.54, 1.807) is 0 Å². The highest BCUT2D eigenvalue weighted by atomic mass is 16.6. The molecule has 112 valence electrons. The van der Waals surface area contributed by atoms with Crippen molar-refractivity contribution in [1.82, 2.24) is 0 Å². The van der Waals surface area contributed by atoms with Crippen LogP contribution in [0.4, 0.5) is 9.59 Å². The summed E-state index contributed by atoms with van der Waals surface area (Å²) in [5, 5.41) is 0. The third-order valence-corrected chi connectivity index (χ3v) is 2.12. The monoisotopic (exact) mass is 268 g/mol. The van der Waals surface area contributed by atoms with E-state index < -0.39 is 12.2 Å². The van der Waals surface area contributed by atoms with Crippen molar-refractivity contribution in [2.24, 2.45) is 11.5 Å². The van der Waals surface area contributed by atoms with Gasteiger partial charge in [0, 0.05) is 8.56 Å². The van der Waals surface area contributed by atoms with Crippen molar-refractivity contribution in [2.45, 2.75) is 5.92 Å². The number of hydrogen-bond acceptors (Lipinski definition) is 4. The molecule has 0 spiro atoms. The number of nitrogens with two attached hydrogens (primary N) is 2. The summed E-state index contributed by atoms with van der Waals surface area (Å²) in [6.45, 7) is 0.0687. The Morgan fingerprint density at radius 3 is 1.89 bits per heavy atom. The first-order chi connectivity index (χ1) is 8.09. The van der Waals surface area contributed by atoms with Gasteiger partial charge in [-0.05, 0) is 5.56 Å². The molecule has 0 saturated heterocycles. The molecule has 1 aromatic rings. The molecule has 0 unspecified atom stereocenters. The first-order valence-corrected chi connectivity index (χ1v) is 4.99. The molecule has 0 saturated carbocycles. The van der Waals surface area contributed by atoms with E-state index in [9.17, 15) is 9.59 Å². The zero-order chi connectivity index (χ0) is 12.7. The average Bonchev–Trinajstić information content (AvgIpc) is 2.29. The Hall–Kier alpha value is -2.28. The van der Waals surface area contributed by atoms with Gasteiger partial charge in [-0.25, -0.2) is 9.59 Å². The third-order valence-electron chi connectivity index (χ3n) is 2.12. The summed E-state index contributed by atoms with van der Waals surface area (Å²) in [5.74, 6) is -0.281. The number of benzene rings is 1. The van der Waals surface area contributed by atoms with Gasteiger partial charge in [0.1, 0.15) is 13.2 Å². The molecule has 0 aliphatic carbocycles. The molecule has 0 aromatic heterocycles. The van der Waals surface area contributed by atoms with Crippen LogP contribution in [0, 0.1) is 0 Å². The van der Waals surface area contributed by atoms with Gasteiger partial charge in [0.25, 0.3) is 0 Å². The van der Waals surface area contributed by atoms with Crippen LogP contribution in [-0.4, -0.2) is 30.9 Å². The summed E-state index contributed by atoms with van der Waals surface area (Å²) in [5.41, 5.74) is 10.6. The van der Waals surface area contributed by atoms with Crippen LogP contribution < -0.4 is 11.5 Å². The minimum Gasteiger partial charge on any atom is -0.449 e. The smallest absolute Gasteiger partial charge is 0.404 e. The zero-order valence-electron chi connectivity index (χ0n) is 9.67. The second-order valence-electron chi connectivity index (χ2n) is 3.37. The summed E-state index contributed by atoms with van der Waals surface area (Å²) in [4.78, 5) is 21.1. The highest BCUT2D eigenvalue weighted by Gasteiger charge is 2.15. The Morgan fingerprint density at radius 1 is 1.06 bits per heavy atom. The average molecular weight is 268 g/mol. The number of carbonyl (C=O) groups is 2. The van der Waals surface area contributed by atoms with Crippen molar-refractivity contribution < 1.29 is 33.1 Å². The maximum atomic E-state index is 10.5. The lowest BCUT2D eigenvalue weighted by Crippen LogP contribution is -2.23. The zero-order valence-corrected chi connectivity index (χ0v) is 9.67. The Balaban J connectivity index is -0.0000000826. The highest BCUT2D eigenvalue weighted by Crippen LogP contribution is 2.16. The molecule has 18 heavy (non-hydrogen) atoms. The molecule has 0 aliphatic heterocycles. The summed E-state index contributed by atoms with van der Waals surface area (Å²) < 4.78 is 9.39. The maximum Gasteiger partial charge on any atom is 0.404 e. The van der Waals surface area contributed by atoms with E-state index in [1.165, 1.54) is 0 Å². The Kier molecular flexibility index (Phi) is 6.91. The molecule has 2 amide bonds. The lowest BCUT2D eigenvalue weighted by atomic mass is 10.0. The van der Waals surface area contributed by atoms with Crippen LogP contribution in [0.5, 0.6) is 0 Å². The Labute approximate surface area is 113 Å². The number of amides is 2. The van der Waals surface area contributed by atoms with E-state index in [0.29, 0.717) is 0 Å². The number of rotatable bonds is 5. The minimum atomic E-state index is -0.870. The quantitative estimate of drug-likeness (QED) is 0.837. The molecular formula is C11H28N2O5. The van der Waals surface area contributed by atoms with Crippen molar-refractivity contribution in [3.05, 3.63) is 35.9 Å². The standard InChI is InChI=1S/C11H14N2O4.H2O.6H2/c12-10(14)16-6-9(7-17-11(13)15)8-4-2-1-3-5-8;;;;;;;/h1-5,9H,6-7H2,(H2,12,14)(H2,13,15);1H2;6*1H. The SMILES string of the molecule is NC(=O)OCC(COC(N)=O)c1ccccc1.O.[HH].[HH].[HH].[HH].[HH].[HH]. The van der Waals surface area contributed by atoms with Crippen LogP contribution in [0.2, 0.25) is 0 Å². The number of carbonyl (C=O) groups excluding carboxylic acids is 2. The molecule has 7 heteroatoms. The van der Waals surface area contributed by atoms with Crippen molar-refractivity contribution in [2.75, 3.05) is 13.2 Å². The predicted octanol–water partition coefficient (Wildman–Crippen LogP) is 1.61. The Morgan fingerprint density at radius 2 is 1.50 bits per heavy atom. The summed E-state index contributed by atoms with van der Waals surface area (Å²) in [6, 6.07) is 9.18. The van der Waals surface area contributed by atoms with E-state index in [-0.39, 0.29) is 33.2 Å². The van der Waals surface area contributed by atoms with E-state index >= 15 is 0 Å². The topological polar surface area (TPSA) is 136 Å². The lowest BCUT2D eigenvalue weighted by molar-refractivity contribution is 0.116. The van der Waals surface area contributed by atoms with Gasteiger partial charge in [-0.3, -0.25) is 0 Å². The van der Waals surface area contributed by atoms with Crippen LogP contribution in [0.15, 0.2) is 30.3 Å². The largest absolute Gasteiger partial charge is 0.449 e. The molecule has 1 aromatic carbocycles. The second kappa shape index (κ2) is 7.91. The molecule has 0 aliphatic rings. The fourth-order valence-electron chi connectivity index (χ4n) is 1.33. The van der Waals surface area contributed by atoms with Gasteiger partial charge in [0.2, 0.25) is 0 Å². The highest BCUT2D eigenvalue weighted by molar-refractivity contribution is 5.65. The molecule has 0 radical (unpaired) electrons. The van der Waals surface area contributed by atoms with Gasteiger partial charge in [0.15, 0.2) is 0 Å². The van der Waals surface area contributed by atoms with Crippen LogP contribution in [0.1, 0.15) is 20.0 Å². The molecule has 0 fully saturated rings. The fourth-order valence-corrected chi connectivity index (χ4v) is 1.33. The molecule has 0 atom stereocenters. The van der Waals surface area contributed by atoms with E-state index in [4.69, 9.17) is 20.9 Å². The summed E-state index contributed by atoms with van der Waals surface area (Å²) in [6.07, 6.45) is -1.74. The molecular weight excluding hydrogens is 240 g/mol. The van der Waals surface area contributed by atoms with E-state index in [1.807, 2.05) is 30.3 Å². The molecule has 0 bridgehead atoms. The van der Waals surface area contributed by atoms with Gasteiger partial charge in [-0.2, -0.15) is 0 Å². The molecule has 7 nitrogen and oxygen atoms in total. The lowest BCUT2D eigenvalue weighted by Gasteiger charge is -2.16. The van der Waals surface area contributed by atoms with Crippen molar-refractivity contribution >= 4 is 12.2 Å². The van der Waals surface area contributed by atoms with Gasteiger partial charge < -0.3 is 26.4 Å². The van der Waals surface area contributed by atoms with Crippen molar-refractivity contribution in [3.8, 4) is 0 Å². The van der Waals surface area contributed by atoms with E-state index in [0.717, 1.165) is 5.56 Å². The first-order valence-electron chi connectivity index (χ1n) is 4.99. The van der Waals surface area contributed by atoms with Gasteiger partial charge in [-0.1, -0.05) is 30.3 Å². The van der Waals surface area contributed by atoms with Crippen molar-refractivity contribution in [3.63, 3.8) is 0 Å². The van der Waals surface area contributed by atoms with Crippen LogP contribution >= 0.6 is 0 Å². The van der Waals surface area contributed by atoms with Crippen molar-refractivity contribution in [1.29, 1.82) is 0 Å². The second-order valence-corrected chi connectivity index (χ2v) is 3.37. The minimum absolute atomic E-state index is 0. The fraction of sp³-hybridized carbons (Fsp3) is 0.273. The number of ether oxygens (including phenoxy) is 2. The summed E-state index contributed by atoms with van der Waals surface area (Å²) >= 11 is 0. The molecule has 1 rings (SSSR count). The first kappa shape index (κ1) is 15.7. The third kappa shape index (κ3) is 5.71. The number of hydrogen-bond donors (Lipinski definition) is 2. The van der Waals surface area contributed by atoms with Crippen LogP contribution in [0.3, 0.4) is 0 Å². The van der Waals surface area contributed by atoms with E-state index in [2.05, 4.69) is 0 Å². The predicted molar refractivity (Wildman–Crippen MR) is 76.6 cm³/mol. The van der Waals surface area contributed by atoms with Crippen LogP contribution in [-0.2, 0) is 9.47 Å². The van der Waals surface area contributed by atoms with Gasteiger partial charge >= 0.3 is 12.2 Å². The normalized spacial score (nSPS) is 9.39. The number of primary amides is 2. The van der Waals surface area contributed by atoms with Gasteiger partial charge in [0.05, 0.1) is 5.92 Å². The maximum absolute atomic E-state index is 10.5. The molecule has 0 heterocycles.